The minimum absolute atomic E-state index is 0.256. The molecular weight excluding hydrogens is 366 g/mol. The zero-order valence-corrected chi connectivity index (χ0v) is 14.6. The van der Waals surface area contributed by atoms with Crippen LogP contribution < -0.4 is 27.4 Å². The van der Waals surface area contributed by atoms with E-state index in [4.69, 9.17) is 21.7 Å². The number of nitrogens with one attached hydrogen (secondary N) is 3. The van der Waals surface area contributed by atoms with Gasteiger partial charge in [-0.2, -0.15) is 0 Å². The van der Waals surface area contributed by atoms with Crippen molar-refractivity contribution in [1.82, 2.24) is 16.0 Å². The number of carboxylic acids is 2. The molecule has 0 aliphatic rings. The smallest absolute Gasteiger partial charge is 0.326 e. The first-order valence-electron chi connectivity index (χ1n) is 7.80. The van der Waals surface area contributed by atoms with E-state index in [9.17, 15) is 28.8 Å². The van der Waals surface area contributed by atoms with E-state index in [0.29, 0.717) is 0 Å². The number of carboxylic acid groups (broad SMARTS) is 2. The predicted octanol–water partition coefficient (Wildman–Crippen LogP) is -3.76. The second-order valence-corrected chi connectivity index (χ2v) is 5.63. The van der Waals surface area contributed by atoms with Crippen LogP contribution in [0.1, 0.15) is 26.2 Å². The molecule has 0 radical (unpaired) electrons. The fourth-order valence-electron chi connectivity index (χ4n) is 1.78. The summed E-state index contributed by atoms with van der Waals surface area (Å²) in [5.41, 5.74) is 10.3. The first-order chi connectivity index (χ1) is 12.4. The van der Waals surface area contributed by atoms with E-state index in [-0.39, 0.29) is 12.8 Å². The summed E-state index contributed by atoms with van der Waals surface area (Å²) in [5.74, 6) is -6.26. The second kappa shape index (κ2) is 11.4. The van der Waals surface area contributed by atoms with E-state index in [2.05, 4.69) is 10.6 Å². The molecule has 27 heavy (non-hydrogen) atoms. The van der Waals surface area contributed by atoms with Crippen LogP contribution in [0.15, 0.2) is 0 Å². The van der Waals surface area contributed by atoms with Gasteiger partial charge in [0.1, 0.15) is 12.1 Å². The molecule has 152 valence electrons. The third kappa shape index (κ3) is 10.4. The van der Waals surface area contributed by atoms with Crippen molar-refractivity contribution in [2.24, 2.45) is 11.5 Å². The summed E-state index contributed by atoms with van der Waals surface area (Å²) in [6, 6.07) is -3.97. The predicted molar refractivity (Wildman–Crippen MR) is 88.8 cm³/mol. The number of hydrogen-bond donors (Lipinski definition) is 7. The summed E-state index contributed by atoms with van der Waals surface area (Å²) in [5, 5.41) is 24.0. The van der Waals surface area contributed by atoms with Gasteiger partial charge in [0.15, 0.2) is 0 Å². The molecule has 0 saturated heterocycles. The fourth-order valence-corrected chi connectivity index (χ4v) is 1.78. The second-order valence-electron chi connectivity index (χ2n) is 5.63. The van der Waals surface area contributed by atoms with Crippen LogP contribution in [0, 0.1) is 0 Å². The standard InChI is InChI=1S/C14H23N5O8/c1-6(15)12(24)17-5-10(21)18-7(2-3-9(16)20)13(25)19-8(14(26)27)4-11(22)23/h6-8H,2-5,15H2,1H3,(H2,16,20)(H,17,24)(H,18,21)(H,19,25)(H,22,23)(H,26,27). The van der Waals surface area contributed by atoms with Crippen LogP contribution in [-0.4, -0.2) is 70.5 Å². The molecule has 0 bridgehead atoms. The molecular formula is C14H23N5O8. The normalized spacial score (nSPS) is 13.6. The van der Waals surface area contributed by atoms with Crippen LogP contribution in [0.4, 0.5) is 0 Å². The molecule has 3 atom stereocenters. The number of hydrogen-bond acceptors (Lipinski definition) is 7. The van der Waals surface area contributed by atoms with Crippen molar-refractivity contribution in [1.29, 1.82) is 0 Å². The number of aliphatic carboxylic acids is 2. The van der Waals surface area contributed by atoms with Crippen LogP contribution in [-0.2, 0) is 28.8 Å². The lowest BCUT2D eigenvalue weighted by molar-refractivity contribution is -0.147. The number of amides is 4. The lowest BCUT2D eigenvalue weighted by atomic mass is 10.1. The molecule has 0 rings (SSSR count). The van der Waals surface area contributed by atoms with Gasteiger partial charge < -0.3 is 37.6 Å². The van der Waals surface area contributed by atoms with Gasteiger partial charge in [-0.3, -0.25) is 24.0 Å². The van der Waals surface area contributed by atoms with E-state index < -0.39 is 66.7 Å². The third-order valence-corrected chi connectivity index (χ3v) is 3.16. The van der Waals surface area contributed by atoms with E-state index >= 15 is 0 Å². The van der Waals surface area contributed by atoms with Crippen LogP contribution in [0.3, 0.4) is 0 Å². The SMILES string of the molecule is CC(N)C(=O)NCC(=O)NC(CCC(N)=O)C(=O)NC(CC(=O)O)C(=O)O. The number of primary amides is 1. The fraction of sp³-hybridized carbons (Fsp3) is 0.571. The summed E-state index contributed by atoms with van der Waals surface area (Å²) < 4.78 is 0. The summed E-state index contributed by atoms with van der Waals surface area (Å²) in [6.07, 6.45) is -1.45. The van der Waals surface area contributed by atoms with Crippen molar-refractivity contribution >= 4 is 35.6 Å². The Morgan fingerprint density at radius 1 is 0.963 bits per heavy atom. The zero-order chi connectivity index (χ0) is 21.1. The van der Waals surface area contributed by atoms with Crippen LogP contribution in [0.2, 0.25) is 0 Å². The van der Waals surface area contributed by atoms with Crippen LogP contribution >= 0.6 is 0 Å². The third-order valence-electron chi connectivity index (χ3n) is 3.16. The van der Waals surface area contributed by atoms with Crippen molar-refractivity contribution in [3.05, 3.63) is 0 Å². The maximum absolute atomic E-state index is 12.2. The maximum Gasteiger partial charge on any atom is 0.326 e. The van der Waals surface area contributed by atoms with Gasteiger partial charge >= 0.3 is 11.9 Å². The average molecular weight is 389 g/mol. The average Bonchev–Trinajstić information content (AvgIpc) is 2.54. The van der Waals surface area contributed by atoms with Crippen molar-refractivity contribution in [2.45, 2.75) is 44.3 Å². The van der Waals surface area contributed by atoms with Gasteiger partial charge in [-0.15, -0.1) is 0 Å². The minimum atomic E-state index is -1.74. The molecule has 9 N–H and O–H groups in total. The summed E-state index contributed by atoms with van der Waals surface area (Å²) >= 11 is 0. The van der Waals surface area contributed by atoms with Crippen molar-refractivity contribution in [3.63, 3.8) is 0 Å². The highest BCUT2D eigenvalue weighted by Crippen LogP contribution is 2.01. The molecule has 3 unspecified atom stereocenters. The van der Waals surface area contributed by atoms with Crippen molar-refractivity contribution in [3.8, 4) is 0 Å². The van der Waals surface area contributed by atoms with Gasteiger partial charge in [0.2, 0.25) is 23.6 Å². The Kier molecular flexibility index (Phi) is 10.0. The summed E-state index contributed by atoms with van der Waals surface area (Å²) in [4.78, 5) is 68.0. The van der Waals surface area contributed by atoms with E-state index in [1.807, 2.05) is 5.32 Å². The monoisotopic (exact) mass is 389 g/mol. The molecule has 4 amide bonds. The lowest BCUT2D eigenvalue weighted by Crippen LogP contribution is -2.54. The zero-order valence-electron chi connectivity index (χ0n) is 14.6. The molecule has 0 aromatic rings. The molecule has 0 aliphatic heterocycles. The summed E-state index contributed by atoms with van der Waals surface area (Å²) in [7, 11) is 0. The Morgan fingerprint density at radius 3 is 2.00 bits per heavy atom. The van der Waals surface area contributed by atoms with Gasteiger partial charge in [0, 0.05) is 6.42 Å². The highest BCUT2D eigenvalue weighted by Gasteiger charge is 2.28. The molecule has 0 aromatic carbocycles. The summed E-state index contributed by atoms with van der Waals surface area (Å²) in [6.45, 7) is 0.878. The number of rotatable bonds is 12. The number of carbonyl (C=O) groups is 6. The maximum atomic E-state index is 12.2. The van der Waals surface area contributed by atoms with E-state index in [1.165, 1.54) is 6.92 Å². The lowest BCUT2D eigenvalue weighted by Gasteiger charge is -2.20. The van der Waals surface area contributed by atoms with Gasteiger partial charge in [-0.05, 0) is 13.3 Å². The molecule has 13 heteroatoms. The van der Waals surface area contributed by atoms with E-state index in [1.54, 1.807) is 0 Å². The van der Waals surface area contributed by atoms with Crippen molar-refractivity contribution in [2.75, 3.05) is 6.54 Å². The minimum Gasteiger partial charge on any atom is -0.481 e. The Morgan fingerprint density at radius 2 is 1.56 bits per heavy atom. The van der Waals surface area contributed by atoms with Crippen LogP contribution in [0.25, 0.3) is 0 Å². The number of carbonyl (C=O) groups excluding carboxylic acids is 4. The van der Waals surface area contributed by atoms with E-state index in [0.717, 1.165) is 0 Å². The quantitative estimate of drug-likeness (QED) is 0.173. The Bertz CT molecular complexity index is 606. The van der Waals surface area contributed by atoms with Gasteiger partial charge in [-0.25, -0.2) is 4.79 Å². The largest absolute Gasteiger partial charge is 0.481 e. The van der Waals surface area contributed by atoms with Gasteiger partial charge in [0.05, 0.1) is 19.0 Å². The first kappa shape index (κ1) is 23.8. The first-order valence-corrected chi connectivity index (χ1v) is 7.80. The van der Waals surface area contributed by atoms with Gasteiger partial charge in [-0.1, -0.05) is 0 Å². The molecule has 0 spiro atoms. The van der Waals surface area contributed by atoms with Gasteiger partial charge in [0.25, 0.3) is 0 Å². The highest BCUT2D eigenvalue weighted by molar-refractivity contribution is 5.93. The molecule has 13 nitrogen and oxygen atoms in total. The Balaban J connectivity index is 4.99. The number of nitrogens with two attached hydrogens (primary N) is 2. The Hall–Kier alpha value is -3.22. The molecule has 0 aliphatic carbocycles. The highest BCUT2D eigenvalue weighted by atomic mass is 16.4. The van der Waals surface area contributed by atoms with Crippen LogP contribution in [0.5, 0.6) is 0 Å². The molecule has 0 saturated carbocycles. The molecule has 0 heterocycles. The topological polar surface area (TPSA) is 231 Å². The molecule has 0 aromatic heterocycles. The van der Waals surface area contributed by atoms with Crippen molar-refractivity contribution < 1.29 is 39.0 Å². The molecule has 0 fully saturated rings. The Labute approximate surface area is 153 Å².